The molecule has 0 saturated heterocycles. The van der Waals surface area contributed by atoms with Gasteiger partial charge in [-0.3, -0.25) is 10.1 Å². The maximum absolute atomic E-state index is 10.6. The molecule has 2 aromatic rings. The lowest BCUT2D eigenvalue weighted by Gasteiger charge is -2.26. The van der Waals surface area contributed by atoms with Crippen molar-refractivity contribution < 1.29 is 9.66 Å². The first-order valence-corrected chi connectivity index (χ1v) is 7.38. The van der Waals surface area contributed by atoms with Gasteiger partial charge in [-0.1, -0.05) is 12.1 Å². The second-order valence-corrected chi connectivity index (χ2v) is 5.59. The van der Waals surface area contributed by atoms with Crippen LogP contribution in [0.5, 0.6) is 5.75 Å². The van der Waals surface area contributed by atoms with Crippen molar-refractivity contribution in [2.75, 3.05) is 5.32 Å². The Morgan fingerprint density at radius 1 is 1.27 bits per heavy atom. The molecular weight excluding hydrogens is 280 g/mol. The second-order valence-electron chi connectivity index (χ2n) is 5.59. The molecule has 114 valence electrons. The average Bonchev–Trinajstić information content (AvgIpc) is 2.53. The molecule has 1 N–H and O–H groups in total. The lowest BCUT2D eigenvalue weighted by Crippen LogP contribution is -2.22. The Kier molecular flexibility index (Phi) is 3.96. The number of rotatable bonds is 4. The summed E-state index contributed by atoms with van der Waals surface area (Å²) in [7, 11) is 0. The number of nitro groups is 1. The molecule has 0 amide bonds. The van der Waals surface area contributed by atoms with E-state index >= 15 is 0 Å². The Morgan fingerprint density at radius 3 is 2.77 bits per heavy atom. The summed E-state index contributed by atoms with van der Waals surface area (Å²) >= 11 is 0. The van der Waals surface area contributed by atoms with Crippen molar-refractivity contribution in [3.63, 3.8) is 0 Å². The topological polar surface area (TPSA) is 64.4 Å². The number of anilines is 1. The van der Waals surface area contributed by atoms with Crippen molar-refractivity contribution in [1.29, 1.82) is 0 Å². The molecule has 5 heteroatoms. The summed E-state index contributed by atoms with van der Waals surface area (Å²) in [5, 5.41) is 14.1. The summed E-state index contributed by atoms with van der Waals surface area (Å²) in [5.41, 5.74) is 3.35. The normalized spacial score (nSPS) is 16.5. The van der Waals surface area contributed by atoms with Crippen molar-refractivity contribution in [2.24, 2.45) is 0 Å². The van der Waals surface area contributed by atoms with Crippen LogP contribution < -0.4 is 10.1 Å². The van der Waals surface area contributed by atoms with Crippen LogP contribution in [0.3, 0.4) is 0 Å². The fourth-order valence-electron chi connectivity index (χ4n) is 2.63. The Bertz CT molecular complexity index is 683. The summed E-state index contributed by atoms with van der Waals surface area (Å²) in [6.45, 7) is 2.56. The largest absolute Gasteiger partial charge is 0.487 e. The van der Waals surface area contributed by atoms with Crippen molar-refractivity contribution in [3.8, 4) is 5.75 Å². The van der Waals surface area contributed by atoms with Crippen molar-refractivity contribution in [1.82, 2.24) is 0 Å². The number of hydrogen-bond acceptors (Lipinski definition) is 4. The van der Waals surface area contributed by atoms with Gasteiger partial charge in [-0.15, -0.1) is 0 Å². The van der Waals surface area contributed by atoms with E-state index in [0.29, 0.717) is 12.6 Å². The number of nitrogens with one attached hydrogen (secondary N) is 1. The molecule has 1 heterocycles. The zero-order valence-corrected chi connectivity index (χ0v) is 12.4. The minimum Gasteiger partial charge on any atom is -0.487 e. The SMILES string of the molecule is CC1CCc2cccc(OCc3ccc([N+](=O)[O-])cc3)c2N1. The quantitative estimate of drug-likeness (QED) is 0.686. The van der Waals surface area contributed by atoms with Crippen LogP contribution in [0.15, 0.2) is 42.5 Å². The number of aryl methyl sites for hydroxylation is 1. The van der Waals surface area contributed by atoms with E-state index in [2.05, 4.69) is 18.3 Å². The summed E-state index contributed by atoms with van der Waals surface area (Å²) in [6, 6.07) is 13.0. The van der Waals surface area contributed by atoms with Gasteiger partial charge in [0, 0.05) is 18.2 Å². The minimum absolute atomic E-state index is 0.0938. The predicted octanol–water partition coefficient (Wildman–Crippen LogP) is 3.92. The van der Waals surface area contributed by atoms with Gasteiger partial charge >= 0.3 is 0 Å². The van der Waals surface area contributed by atoms with Crippen LogP contribution >= 0.6 is 0 Å². The van der Waals surface area contributed by atoms with E-state index in [1.807, 2.05) is 12.1 Å². The molecule has 22 heavy (non-hydrogen) atoms. The third-order valence-corrected chi connectivity index (χ3v) is 3.89. The van der Waals surface area contributed by atoms with E-state index in [-0.39, 0.29) is 5.69 Å². The first kappa shape index (κ1) is 14.4. The molecule has 0 fully saturated rings. The van der Waals surface area contributed by atoms with Gasteiger partial charge in [-0.2, -0.15) is 0 Å². The number of hydrogen-bond donors (Lipinski definition) is 1. The number of fused-ring (bicyclic) bond motifs is 1. The lowest BCUT2D eigenvalue weighted by molar-refractivity contribution is -0.384. The van der Waals surface area contributed by atoms with Gasteiger partial charge in [-0.05, 0) is 49.1 Å². The van der Waals surface area contributed by atoms with E-state index in [0.717, 1.165) is 29.8 Å². The highest BCUT2D eigenvalue weighted by Gasteiger charge is 2.17. The fraction of sp³-hybridized carbons (Fsp3) is 0.294. The Hall–Kier alpha value is -2.56. The Morgan fingerprint density at radius 2 is 2.05 bits per heavy atom. The molecule has 0 bridgehead atoms. The highest BCUT2D eigenvalue weighted by molar-refractivity contribution is 5.64. The van der Waals surface area contributed by atoms with Gasteiger partial charge < -0.3 is 10.1 Å². The molecular formula is C17H18N2O3. The Labute approximate surface area is 129 Å². The summed E-state index contributed by atoms with van der Waals surface area (Å²) in [4.78, 5) is 10.2. The molecule has 3 rings (SSSR count). The van der Waals surface area contributed by atoms with E-state index in [9.17, 15) is 10.1 Å². The summed E-state index contributed by atoms with van der Waals surface area (Å²) in [6.07, 6.45) is 2.18. The lowest BCUT2D eigenvalue weighted by atomic mass is 9.98. The zero-order chi connectivity index (χ0) is 15.5. The van der Waals surface area contributed by atoms with Crippen LogP contribution in [0, 0.1) is 10.1 Å². The molecule has 0 aromatic heterocycles. The van der Waals surface area contributed by atoms with Crippen molar-refractivity contribution in [2.45, 2.75) is 32.4 Å². The average molecular weight is 298 g/mol. The summed E-state index contributed by atoms with van der Waals surface area (Å²) in [5.74, 6) is 0.836. The molecule has 0 radical (unpaired) electrons. The number of nitro benzene ring substituents is 1. The van der Waals surface area contributed by atoms with Crippen LogP contribution in [0.1, 0.15) is 24.5 Å². The van der Waals surface area contributed by atoms with E-state index in [1.165, 1.54) is 17.7 Å². The maximum atomic E-state index is 10.6. The molecule has 1 unspecified atom stereocenters. The van der Waals surface area contributed by atoms with Crippen LogP contribution in [0.25, 0.3) is 0 Å². The third kappa shape index (κ3) is 3.03. The Balaban J connectivity index is 1.73. The molecule has 0 spiro atoms. The van der Waals surface area contributed by atoms with Crippen molar-refractivity contribution >= 4 is 11.4 Å². The predicted molar refractivity (Wildman–Crippen MR) is 85.3 cm³/mol. The van der Waals surface area contributed by atoms with Crippen LogP contribution in [-0.2, 0) is 13.0 Å². The highest BCUT2D eigenvalue weighted by Crippen LogP contribution is 2.34. The van der Waals surface area contributed by atoms with Gasteiger partial charge in [-0.25, -0.2) is 0 Å². The number of ether oxygens (including phenoxy) is 1. The maximum Gasteiger partial charge on any atom is 0.269 e. The highest BCUT2D eigenvalue weighted by atomic mass is 16.6. The van der Waals surface area contributed by atoms with Crippen LogP contribution in [0.2, 0.25) is 0 Å². The van der Waals surface area contributed by atoms with E-state index in [4.69, 9.17) is 4.74 Å². The van der Waals surface area contributed by atoms with Gasteiger partial charge in [0.2, 0.25) is 0 Å². The first-order valence-electron chi connectivity index (χ1n) is 7.38. The van der Waals surface area contributed by atoms with Crippen LogP contribution in [-0.4, -0.2) is 11.0 Å². The smallest absolute Gasteiger partial charge is 0.269 e. The number of non-ortho nitro benzene ring substituents is 1. The minimum atomic E-state index is -0.399. The van der Waals surface area contributed by atoms with Gasteiger partial charge in [0.1, 0.15) is 12.4 Å². The molecule has 1 aliphatic heterocycles. The summed E-state index contributed by atoms with van der Waals surface area (Å²) < 4.78 is 5.91. The number of para-hydroxylation sites is 1. The number of benzene rings is 2. The molecule has 0 aliphatic carbocycles. The van der Waals surface area contributed by atoms with E-state index < -0.39 is 4.92 Å². The third-order valence-electron chi connectivity index (χ3n) is 3.89. The van der Waals surface area contributed by atoms with Crippen molar-refractivity contribution in [3.05, 3.63) is 63.7 Å². The standard InChI is InChI=1S/C17H18N2O3/c1-12-5-8-14-3-2-4-16(17(14)18-12)22-11-13-6-9-15(10-7-13)19(20)21/h2-4,6-7,9-10,12,18H,5,8,11H2,1H3. The zero-order valence-electron chi connectivity index (χ0n) is 12.4. The monoisotopic (exact) mass is 298 g/mol. The molecule has 1 aliphatic rings. The first-order chi connectivity index (χ1) is 10.6. The molecule has 1 atom stereocenters. The van der Waals surface area contributed by atoms with E-state index in [1.54, 1.807) is 12.1 Å². The fourth-order valence-corrected chi connectivity index (χ4v) is 2.63. The van der Waals surface area contributed by atoms with Gasteiger partial charge in [0.15, 0.2) is 0 Å². The number of nitrogens with zero attached hydrogens (tertiary/aromatic N) is 1. The molecule has 0 saturated carbocycles. The van der Waals surface area contributed by atoms with Gasteiger partial charge in [0.05, 0.1) is 10.6 Å². The molecule has 5 nitrogen and oxygen atoms in total. The second kappa shape index (κ2) is 6.05. The van der Waals surface area contributed by atoms with Gasteiger partial charge in [0.25, 0.3) is 5.69 Å². The molecule has 2 aromatic carbocycles. The van der Waals surface area contributed by atoms with Crippen LogP contribution in [0.4, 0.5) is 11.4 Å².